The number of carbonyl (C=O) groups excluding carboxylic acids is 2. The van der Waals surface area contributed by atoms with Gasteiger partial charge in [-0.15, -0.1) is 0 Å². The molecule has 0 N–H and O–H groups in total. The highest BCUT2D eigenvalue weighted by Crippen LogP contribution is 2.56. The minimum Gasteiger partial charge on any atom is -0.496 e. The molecule has 0 spiro atoms. The molecular formula is C30H24Br2N2O4. The summed E-state index contributed by atoms with van der Waals surface area (Å²) in [6, 6.07) is 21.1. The summed E-state index contributed by atoms with van der Waals surface area (Å²) in [5.74, 6) is -1.06. The second kappa shape index (κ2) is 10.4. The molecule has 6 nitrogen and oxygen atoms in total. The molecule has 4 atom stereocenters. The number of carbonyl (C=O) groups is 2. The summed E-state index contributed by atoms with van der Waals surface area (Å²) in [5.41, 5.74) is 1.17. The van der Waals surface area contributed by atoms with Gasteiger partial charge in [-0.2, -0.15) is 5.26 Å². The number of nitrogens with zero attached hydrogens (tertiary/aromatic N) is 2. The van der Waals surface area contributed by atoms with E-state index in [4.69, 9.17) is 9.47 Å². The smallest absolute Gasteiger partial charge is 0.329 e. The lowest BCUT2D eigenvalue weighted by Crippen LogP contribution is -2.47. The minimum atomic E-state index is -1.67. The maximum Gasteiger partial charge on any atom is 0.329 e. The van der Waals surface area contributed by atoms with Crippen molar-refractivity contribution in [2.45, 2.75) is 24.9 Å². The van der Waals surface area contributed by atoms with Crippen molar-refractivity contribution in [2.24, 2.45) is 5.41 Å². The Kier molecular flexibility index (Phi) is 7.17. The van der Waals surface area contributed by atoms with E-state index in [0.717, 1.165) is 15.7 Å². The number of ketones is 1. The Morgan fingerprint density at radius 1 is 1.08 bits per heavy atom. The molecule has 0 amide bonds. The van der Waals surface area contributed by atoms with Gasteiger partial charge >= 0.3 is 5.97 Å². The molecule has 3 aromatic rings. The molecule has 1 saturated heterocycles. The van der Waals surface area contributed by atoms with E-state index >= 15 is 0 Å². The number of halogens is 2. The fourth-order valence-corrected chi connectivity index (χ4v) is 6.46. The summed E-state index contributed by atoms with van der Waals surface area (Å²) in [6.07, 6.45) is 3.77. The average Bonchev–Trinajstić information content (AvgIpc) is 3.25. The van der Waals surface area contributed by atoms with Gasteiger partial charge in [0, 0.05) is 21.6 Å². The van der Waals surface area contributed by atoms with E-state index in [1.807, 2.05) is 65.6 Å². The van der Waals surface area contributed by atoms with Gasteiger partial charge in [-0.3, -0.25) is 9.59 Å². The Hall–Kier alpha value is -3.41. The van der Waals surface area contributed by atoms with Crippen molar-refractivity contribution in [3.63, 3.8) is 0 Å². The first-order chi connectivity index (χ1) is 18.4. The van der Waals surface area contributed by atoms with Gasteiger partial charge in [-0.1, -0.05) is 58.4 Å². The van der Waals surface area contributed by atoms with Crippen LogP contribution in [-0.4, -0.2) is 37.6 Å². The summed E-state index contributed by atoms with van der Waals surface area (Å²) in [5, 5.41) is 10.8. The molecule has 192 valence electrons. The first kappa shape index (κ1) is 26.2. The number of Topliss-reactive ketones (excluding diaryl/α,β-unsaturated/α-hetero) is 1. The first-order valence-electron chi connectivity index (χ1n) is 12.1. The number of hydrogen-bond acceptors (Lipinski definition) is 6. The zero-order valence-electron chi connectivity index (χ0n) is 20.7. The van der Waals surface area contributed by atoms with Crippen LogP contribution < -0.4 is 9.64 Å². The Labute approximate surface area is 238 Å². The Morgan fingerprint density at radius 3 is 2.47 bits per heavy atom. The largest absolute Gasteiger partial charge is 0.496 e. The minimum absolute atomic E-state index is 0.117. The molecular weight excluding hydrogens is 612 g/mol. The second-order valence-electron chi connectivity index (χ2n) is 9.16. The monoisotopic (exact) mass is 634 g/mol. The standard InChI is InChI=1S/C30H24Br2N2O4/c1-3-38-29(36)30(17-33)25-15-11-18-6-4-5-7-23(18)34(25)27(26(30)19-8-12-21(31)13-9-19)28(35)20-10-14-24(37-2)22(32)16-20/h4-16,25-27H,3H2,1-2H3/t25-,26-,27+,30-/m1/s1. The molecule has 0 aromatic heterocycles. The molecule has 0 saturated carbocycles. The predicted octanol–water partition coefficient (Wildman–Crippen LogP) is 6.54. The van der Waals surface area contributed by atoms with E-state index in [0.29, 0.717) is 21.3 Å². The summed E-state index contributed by atoms with van der Waals surface area (Å²) < 4.78 is 12.4. The Morgan fingerprint density at radius 2 is 1.82 bits per heavy atom. The highest BCUT2D eigenvalue weighted by atomic mass is 79.9. The van der Waals surface area contributed by atoms with Gasteiger partial charge in [0.2, 0.25) is 0 Å². The lowest BCUT2D eigenvalue weighted by molar-refractivity contribution is -0.152. The van der Waals surface area contributed by atoms with Crippen LogP contribution in [0.4, 0.5) is 5.69 Å². The normalized spacial score (nSPS) is 23.2. The van der Waals surface area contributed by atoms with Crippen molar-refractivity contribution < 1.29 is 19.1 Å². The summed E-state index contributed by atoms with van der Waals surface area (Å²) in [6.45, 7) is 1.83. The molecule has 0 bridgehead atoms. The number of para-hydroxylation sites is 1. The number of ether oxygens (including phenoxy) is 2. The van der Waals surface area contributed by atoms with Crippen LogP contribution in [0.2, 0.25) is 0 Å². The van der Waals surface area contributed by atoms with Gasteiger partial charge in [0.1, 0.15) is 11.8 Å². The molecule has 1 fully saturated rings. The predicted molar refractivity (Wildman–Crippen MR) is 152 cm³/mol. The maximum absolute atomic E-state index is 14.5. The molecule has 38 heavy (non-hydrogen) atoms. The van der Waals surface area contributed by atoms with Crippen LogP contribution in [-0.2, 0) is 9.53 Å². The maximum atomic E-state index is 14.5. The molecule has 8 heteroatoms. The van der Waals surface area contributed by atoms with Crippen LogP contribution in [0.3, 0.4) is 0 Å². The van der Waals surface area contributed by atoms with Crippen molar-refractivity contribution in [2.75, 3.05) is 18.6 Å². The number of hydrogen-bond donors (Lipinski definition) is 0. The summed E-state index contributed by atoms with van der Waals surface area (Å²) in [4.78, 5) is 30.2. The van der Waals surface area contributed by atoms with E-state index < -0.39 is 29.4 Å². The summed E-state index contributed by atoms with van der Waals surface area (Å²) >= 11 is 6.97. The van der Waals surface area contributed by atoms with Gasteiger partial charge in [-0.25, -0.2) is 0 Å². The highest BCUT2D eigenvalue weighted by molar-refractivity contribution is 9.10. The van der Waals surface area contributed by atoms with Crippen molar-refractivity contribution in [3.05, 3.63) is 98.4 Å². The topological polar surface area (TPSA) is 79.6 Å². The molecule has 5 rings (SSSR count). The van der Waals surface area contributed by atoms with Gasteiger partial charge in [0.15, 0.2) is 11.2 Å². The average molecular weight is 636 g/mol. The molecule has 0 radical (unpaired) electrons. The van der Waals surface area contributed by atoms with Gasteiger partial charge in [0.25, 0.3) is 0 Å². The van der Waals surface area contributed by atoms with Crippen LogP contribution in [0.25, 0.3) is 6.08 Å². The highest BCUT2D eigenvalue weighted by Gasteiger charge is 2.67. The Bertz CT molecular complexity index is 1480. The number of esters is 1. The number of rotatable bonds is 6. The van der Waals surface area contributed by atoms with Crippen LogP contribution in [0.15, 0.2) is 81.8 Å². The molecule has 0 aliphatic carbocycles. The molecule has 2 aliphatic heterocycles. The Balaban J connectivity index is 1.79. The number of benzene rings is 3. The SMILES string of the molecule is CCOC(=O)[C@@]1(C#N)[C@H](c2ccc(Br)cc2)[C@@H](C(=O)c2ccc(OC)c(Br)c2)N2c3ccccc3C=C[C@@H]21. The van der Waals surface area contributed by atoms with E-state index in [2.05, 4.69) is 37.9 Å². The lowest BCUT2D eigenvalue weighted by atomic mass is 9.68. The van der Waals surface area contributed by atoms with E-state index in [1.54, 1.807) is 32.2 Å². The van der Waals surface area contributed by atoms with E-state index in [-0.39, 0.29) is 12.4 Å². The van der Waals surface area contributed by atoms with Gasteiger partial charge in [0.05, 0.1) is 30.3 Å². The fourth-order valence-electron chi connectivity index (χ4n) is 5.65. The van der Waals surface area contributed by atoms with Crippen molar-refractivity contribution in [3.8, 4) is 11.8 Å². The van der Waals surface area contributed by atoms with Crippen molar-refractivity contribution >= 4 is 55.4 Å². The van der Waals surface area contributed by atoms with E-state index in [9.17, 15) is 14.9 Å². The zero-order valence-corrected chi connectivity index (χ0v) is 23.9. The second-order valence-corrected chi connectivity index (χ2v) is 10.9. The van der Waals surface area contributed by atoms with Crippen LogP contribution in [0.5, 0.6) is 5.75 Å². The zero-order chi connectivity index (χ0) is 27.0. The number of nitriles is 1. The van der Waals surface area contributed by atoms with Crippen LogP contribution >= 0.6 is 31.9 Å². The van der Waals surface area contributed by atoms with Crippen LogP contribution in [0.1, 0.15) is 34.3 Å². The van der Waals surface area contributed by atoms with Gasteiger partial charge in [-0.05, 0) is 70.4 Å². The number of methoxy groups -OCH3 is 1. The quantitative estimate of drug-likeness (QED) is 0.226. The first-order valence-corrected chi connectivity index (χ1v) is 13.7. The third-order valence-electron chi connectivity index (χ3n) is 7.28. The van der Waals surface area contributed by atoms with E-state index in [1.165, 1.54) is 0 Å². The van der Waals surface area contributed by atoms with Crippen LogP contribution in [0, 0.1) is 16.7 Å². The fraction of sp³-hybridized carbons (Fsp3) is 0.233. The molecule has 2 heterocycles. The lowest BCUT2D eigenvalue weighted by Gasteiger charge is -2.36. The molecule has 2 aliphatic rings. The number of anilines is 1. The molecule has 0 unspecified atom stereocenters. The van der Waals surface area contributed by atoms with Crippen molar-refractivity contribution in [1.82, 2.24) is 0 Å². The molecule has 3 aromatic carbocycles. The summed E-state index contributed by atoms with van der Waals surface area (Å²) in [7, 11) is 1.56. The van der Waals surface area contributed by atoms with Crippen molar-refractivity contribution in [1.29, 1.82) is 5.26 Å². The third-order valence-corrected chi connectivity index (χ3v) is 8.43. The van der Waals surface area contributed by atoms with Gasteiger partial charge < -0.3 is 14.4 Å². The number of fused-ring (bicyclic) bond motifs is 3. The third kappa shape index (κ3) is 4.05.